The van der Waals surface area contributed by atoms with Crippen LogP contribution in [0.4, 0.5) is 0 Å². The molecule has 0 atom stereocenters. The molecular weight excluding hydrogens is 182 g/mol. The third-order valence-corrected chi connectivity index (χ3v) is 1.74. The first-order valence-electron chi connectivity index (χ1n) is 5.04. The summed E-state index contributed by atoms with van der Waals surface area (Å²) >= 11 is 0. The minimum atomic E-state index is -0.00694. The van der Waals surface area contributed by atoms with E-state index in [0.29, 0.717) is 6.61 Å². The Bertz CT molecular complexity index is 155. The Kier molecular flexibility index (Phi) is 7.42. The lowest BCUT2D eigenvalue weighted by atomic mass is 10.4. The summed E-state index contributed by atoms with van der Waals surface area (Å²) < 4.78 is 4.73. The minimum absolute atomic E-state index is 0.00694. The van der Waals surface area contributed by atoms with Crippen LogP contribution in [0.5, 0.6) is 0 Å². The average Bonchev–Trinajstić information content (AvgIpc) is 2.87. The largest absolute Gasteiger partial charge is 0.466 e. The van der Waals surface area contributed by atoms with E-state index >= 15 is 0 Å². The van der Waals surface area contributed by atoms with Crippen molar-refractivity contribution in [3.8, 4) is 0 Å². The van der Waals surface area contributed by atoms with Crippen molar-refractivity contribution in [1.29, 1.82) is 0 Å². The zero-order valence-corrected chi connectivity index (χ0v) is 9.32. The van der Waals surface area contributed by atoms with Crippen LogP contribution in [-0.2, 0) is 9.53 Å². The fraction of sp³-hybridized carbons (Fsp3) is 0.900. The number of ether oxygens (including phenoxy) is 1. The average molecular weight is 203 g/mol. The van der Waals surface area contributed by atoms with Crippen LogP contribution in [0.25, 0.3) is 0 Å². The molecule has 0 heterocycles. The van der Waals surface area contributed by atoms with E-state index in [1.165, 1.54) is 0 Å². The molecule has 1 aliphatic carbocycles. The van der Waals surface area contributed by atoms with Crippen LogP contribution in [0.15, 0.2) is 0 Å². The molecule has 4 nitrogen and oxygen atoms in total. The summed E-state index contributed by atoms with van der Waals surface area (Å²) in [4.78, 5) is 12.5. The molecule has 0 bridgehead atoms. The molecular formula is C10H21NO3. The first-order valence-corrected chi connectivity index (χ1v) is 5.04. The molecule has 1 N–H and O–H groups in total. The van der Waals surface area contributed by atoms with E-state index in [0.717, 1.165) is 19.4 Å². The van der Waals surface area contributed by atoms with Gasteiger partial charge >= 0.3 is 5.97 Å². The van der Waals surface area contributed by atoms with Gasteiger partial charge < -0.3 is 14.7 Å². The van der Waals surface area contributed by atoms with Gasteiger partial charge in [0.15, 0.2) is 0 Å². The zero-order valence-electron chi connectivity index (χ0n) is 9.32. The van der Waals surface area contributed by atoms with Crippen LogP contribution >= 0.6 is 0 Å². The number of aliphatic hydroxyl groups excluding tert-OH is 1. The van der Waals surface area contributed by atoms with E-state index in [9.17, 15) is 4.79 Å². The molecule has 1 fully saturated rings. The van der Waals surface area contributed by atoms with E-state index in [-0.39, 0.29) is 18.5 Å². The summed E-state index contributed by atoms with van der Waals surface area (Å²) in [6, 6.07) is 0. The van der Waals surface area contributed by atoms with Gasteiger partial charge in [-0.25, -0.2) is 0 Å². The number of aliphatic hydroxyl groups is 1. The Morgan fingerprint density at radius 3 is 2.29 bits per heavy atom. The highest BCUT2D eigenvalue weighted by Crippen LogP contribution is 2.29. The highest BCUT2D eigenvalue weighted by Gasteiger charge is 2.30. The molecule has 0 saturated heterocycles. The molecule has 84 valence electrons. The van der Waals surface area contributed by atoms with Gasteiger partial charge in [0.25, 0.3) is 0 Å². The van der Waals surface area contributed by atoms with Gasteiger partial charge in [0.1, 0.15) is 0 Å². The predicted octanol–water partition coefficient (Wildman–Crippen LogP) is 0.500. The van der Waals surface area contributed by atoms with E-state index in [1.807, 2.05) is 25.9 Å². The summed E-state index contributed by atoms with van der Waals surface area (Å²) in [6.07, 6.45) is 2.08. The number of carbonyl (C=O) groups is 1. The molecule has 0 amide bonds. The van der Waals surface area contributed by atoms with Gasteiger partial charge in [-0.05, 0) is 33.9 Å². The van der Waals surface area contributed by atoms with Gasteiger partial charge in [-0.15, -0.1) is 0 Å². The van der Waals surface area contributed by atoms with Gasteiger partial charge in [0.2, 0.25) is 0 Å². The minimum Gasteiger partial charge on any atom is -0.466 e. The number of carbonyl (C=O) groups excluding carboxylic acids is 1. The lowest BCUT2D eigenvalue weighted by molar-refractivity contribution is -0.144. The summed E-state index contributed by atoms with van der Waals surface area (Å²) in [7, 11) is 3.85. The Balaban J connectivity index is 0.000000255. The molecule has 14 heavy (non-hydrogen) atoms. The number of likely N-dealkylation sites (N-methyl/N-ethyl adjacent to an activating group) is 1. The molecule has 0 aliphatic heterocycles. The van der Waals surface area contributed by atoms with Crippen LogP contribution in [0.3, 0.4) is 0 Å². The summed E-state index contributed by atoms with van der Waals surface area (Å²) in [5.41, 5.74) is 0. The van der Waals surface area contributed by atoms with Crippen molar-refractivity contribution < 1.29 is 14.6 Å². The van der Waals surface area contributed by atoms with Crippen LogP contribution < -0.4 is 0 Å². The summed E-state index contributed by atoms with van der Waals surface area (Å²) in [5, 5.41) is 8.20. The molecule has 1 rings (SSSR count). The highest BCUT2D eigenvalue weighted by atomic mass is 16.5. The first kappa shape index (κ1) is 13.4. The standard InChI is InChI=1S/C6H10O2.C4H11NO/c1-2-8-6(7)5-3-4-5;1-5(2)3-4-6/h5H,2-4H2,1H3;6H,3-4H2,1-2H3. The maximum atomic E-state index is 10.6. The van der Waals surface area contributed by atoms with Gasteiger partial charge in [0.05, 0.1) is 19.1 Å². The van der Waals surface area contributed by atoms with E-state index in [1.54, 1.807) is 0 Å². The second-order valence-corrected chi connectivity index (χ2v) is 3.55. The zero-order chi connectivity index (χ0) is 11.0. The number of esters is 1. The summed E-state index contributed by atoms with van der Waals surface area (Å²) in [6.45, 7) is 3.38. The molecule has 4 heteroatoms. The lowest BCUT2D eigenvalue weighted by Gasteiger charge is -2.03. The van der Waals surface area contributed by atoms with Crippen molar-refractivity contribution >= 4 is 5.97 Å². The molecule has 0 aromatic heterocycles. The van der Waals surface area contributed by atoms with Crippen molar-refractivity contribution in [2.45, 2.75) is 19.8 Å². The molecule has 0 aromatic carbocycles. The Hall–Kier alpha value is -0.610. The molecule has 0 radical (unpaired) electrons. The van der Waals surface area contributed by atoms with Crippen molar-refractivity contribution in [3.05, 3.63) is 0 Å². The fourth-order valence-electron chi connectivity index (χ4n) is 0.779. The number of hydrogen-bond donors (Lipinski definition) is 1. The SMILES string of the molecule is CCOC(=O)C1CC1.CN(C)CCO. The van der Waals surface area contributed by atoms with Crippen molar-refractivity contribution in [1.82, 2.24) is 4.90 Å². The monoisotopic (exact) mass is 203 g/mol. The first-order chi connectivity index (χ1) is 6.61. The maximum Gasteiger partial charge on any atom is 0.308 e. The van der Waals surface area contributed by atoms with Gasteiger partial charge in [-0.3, -0.25) is 4.79 Å². The summed E-state index contributed by atoms with van der Waals surface area (Å²) in [5.74, 6) is 0.252. The second-order valence-electron chi connectivity index (χ2n) is 3.55. The molecule has 0 aromatic rings. The van der Waals surface area contributed by atoms with Crippen LogP contribution in [0.1, 0.15) is 19.8 Å². The molecule has 0 unspecified atom stereocenters. The number of rotatable bonds is 4. The normalized spacial score (nSPS) is 14.6. The Labute approximate surface area is 85.9 Å². The van der Waals surface area contributed by atoms with Gasteiger partial charge in [-0.1, -0.05) is 0 Å². The van der Waals surface area contributed by atoms with Gasteiger partial charge in [-0.2, -0.15) is 0 Å². The van der Waals surface area contributed by atoms with Crippen LogP contribution in [0, 0.1) is 5.92 Å². The smallest absolute Gasteiger partial charge is 0.308 e. The molecule has 1 aliphatic rings. The third kappa shape index (κ3) is 8.01. The van der Waals surface area contributed by atoms with Crippen molar-refractivity contribution in [3.63, 3.8) is 0 Å². The maximum absolute atomic E-state index is 10.6. The molecule has 0 spiro atoms. The van der Waals surface area contributed by atoms with Crippen LogP contribution in [0.2, 0.25) is 0 Å². The van der Waals surface area contributed by atoms with E-state index in [4.69, 9.17) is 9.84 Å². The highest BCUT2D eigenvalue weighted by molar-refractivity contribution is 5.74. The van der Waals surface area contributed by atoms with E-state index in [2.05, 4.69) is 0 Å². The molecule has 1 saturated carbocycles. The quantitative estimate of drug-likeness (QED) is 0.676. The number of nitrogens with zero attached hydrogens (tertiary/aromatic N) is 1. The van der Waals surface area contributed by atoms with Crippen molar-refractivity contribution in [2.75, 3.05) is 33.9 Å². The van der Waals surface area contributed by atoms with Crippen LogP contribution in [-0.4, -0.2) is 49.8 Å². The second kappa shape index (κ2) is 7.76. The topological polar surface area (TPSA) is 49.8 Å². The third-order valence-electron chi connectivity index (χ3n) is 1.74. The van der Waals surface area contributed by atoms with Gasteiger partial charge in [0, 0.05) is 6.54 Å². The Morgan fingerprint density at radius 2 is 2.07 bits per heavy atom. The fourth-order valence-corrected chi connectivity index (χ4v) is 0.779. The van der Waals surface area contributed by atoms with E-state index < -0.39 is 0 Å². The van der Waals surface area contributed by atoms with Crippen molar-refractivity contribution in [2.24, 2.45) is 5.92 Å². The Morgan fingerprint density at radius 1 is 1.50 bits per heavy atom. The predicted molar refractivity (Wildman–Crippen MR) is 55.0 cm³/mol. The number of hydrogen-bond acceptors (Lipinski definition) is 4. The lowest BCUT2D eigenvalue weighted by Crippen LogP contribution is -2.15.